The maximum absolute atomic E-state index is 12.6. The van der Waals surface area contributed by atoms with Crippen LogP contribution in [0.5, 0.6) is 0 Å². The smallest absolute Gasteiger partial charge is 0.317 e. The van der Waals surface area contributed by atoms with Crippen molar-refractivity contribution >= 4 is 11.9 Å². The van der Waals surface area contributed by atoms with Crippen molar-refractivity contribution in [1.82, 2.24) is 15.1 Å². The van der Waals surface area contributed by atoms with E-state index in [4.69, 9.17) is 0 Å². The van der Waals surface area contributed by atoms with Crippen molar-refractivity contribution in [2.75, 3.05) is 32.7 Å². The maximum atomic E-state index is 12.6. The van der Waals surface area contributed by atoms with E-state index in [1.54, 1.807) is 4.90 Å². The van der Waals surface area contributed by atoms with Gasteiger partial charge < -0.3 is 15.1 Å². The van der Waals surface area contributed by atoms with Crippen molar-refractivity contribution in [3.05, 3.63) is 34.9 Å². The molecule has 1 fully saturated rings. The third-order valence-corrected chi connectivity index (χ3v) is 5.21. The fourth-order valence-corrected chi connectivity index (χ4v) is 3.69. The summed E-state index contributed by atoms with van der Waals surface area (Å²) >= 11 is 0. The molecule has 0 saturated carbocycles. The van der Waals surface area contributed by atoms with E-state index in [9.17, 15) is 9.59 Å². The Morgan fingerprint density at radius 1 is 1.00 bits per heavy atom. The van der Waals surface area contributed by atoms with Crippen molar-refractivity contribution in [2.24, 2.45) is 0 Å². The second-order valence-corrected chi connectivity index (χ2v) is 7.09. The molecule has 3 rings (SSSR count). The Bertz CT molecular complexity index is 621. The van der Waals surface area contributed by atoms with Gasteiger partial charge in [0.05, 0.1) is 6.42 Å². The number of nitrogens with one attached hydrogen (secondary N) is 1. The number of carbonyl (C=O) groups excluding carboxylic acids is 2. The zero-order chi connectivity index (χ0) is 17.6. The van der Waals surface area contributed by atoms with Crippen LogP contribution in [0.3, 0.4) is 0 Å². The van der Waals surface area contributed by atoms with Crippen molar-refractivity contribution < 1.29 is 9.59 Å². The zero-order valence-corrected chi connectivity index (χ0v) is 15.2. The number of amides is 3. The first-order chi connectivity index (χ1) is 12.2. The number of benzene rings is 1. The highest BCUT2D eigenvalue weighted by atomic mass is 16.2. The van der Waals surface area contributed by atoms with E-state index in [2.05, 4.69) is 23.5 Å². The Morgan fingerprint density at radius 3 is 2.40 bits per heavy atom. The minimum absolute atomic E-state index is 0.0105. The molecule has 5 heteroatoms. The lowest BCUT2D eigenvalue weighted by atomic mass is 9.90. The van der Waals surface area contributed by atoms with Gasteiger partial charge in [-0.05, 0) is 48.8 Å². The molecule has 1 N–H and O–H groups in total. The fourth-order valence-electron chi connectivity index (χ4n) is 3.69. The van der Waals surface area contributed by atoms with Crippen LogP contribution in [0.1, 0.15) is 42.9 Å². The Morgan fingerprint density at radius 2 is 1.68 bits per heavy atom. The summed E-state index contributed by atoms with van der Waals surface area (Å²) in [4.78, 5) is 28.3. The lowest BCUT2D eigenvalue weighted by molar-refractivity contribution is -0.131. The number of hydrogen-bond acceptors (Lipinski definition) is 2. The highest BCUT2D eigenvalue weighted by Gasteiger charge is 2.24. The molecule has 1 aromatic rings. The van der Waals surface area contributed by atoms with Gasteiger partial charge in [-0.2, -0.15) is 0 Å². The fraction of sp³-hybridized carbons (Fsp3) is 0.600. The lowest BCUT2D eigenvalue weighted by Gasteiger charge is -2.34. The first kappa shape index (κ1) is 17.8. The maximum Gasteiger partial charge on any atom is 0.317 e. The van der Waals surface area contributed by atoms with E-state index in [0.717, 1.165) is 18.4 Å². The van der Waals surface area contributed by atoms with E-state index in [1.165, 1.54) is 30.4 Å². The third kappa shape index (κ3) is 4.53. The average Bonchev–Trinajstić information content (AvgIpc) is 2.66. The number of fused-ring (bicyclic) bond motifs is 1. The van der Waals surface area contributed by atoms with Crippen LogP contribution >= 0.6 is 0 Å². The van der Waals surface area contributed by atoms with Gasteiger partial charge >= 0.3 is 6.03 Å². The molecule has 1 aliphatic heterocycles. The molecule has 136 valence electrons. The van der Waals surface area contributed by atoms with Crippen LogP contribution in [-0.2, 0) is 24.1 Å². The van der Waals surface area contributed by atoms with Gasteiger partial charge in [0.2, 0.25) is 5.91 Å². The van der Waals surface area contributed by atoms with Gasteiger partial charge in [0.1, 0.15) is 0 Å². The molecule has 1 aliphatic carbocycles. The first-order valence-corrected chi connectivity index (χ1v) is 9.58. The molecule has 2 aliphatic rings. The summed E-state index contributed by atoms with van der Waals surface area (Å²) < 4.78 is 0. The molecule has 1 saturated heterocycles. The van der Waals surface area contributed by atoms with E-state index in [0.29, 0.717) is 39.1 Å². The number of aryl methyl sites for hydroxylation is 2. The van der Waals surface area contributed by atoms with Gasteiger partial charge in [-0.1, -0.05) is 25.1 Å². The molecule has 0 unspecified atom stereocenters. The second kappa shape index (κ2) is 8.37. The van der Waals surface area contributed by atoms with Crippen molar-refractivity contribution in [3.8, 4) is 0 Å². The minimum Gasteiger partial charge on any atom is -0.339 e. The summed E-state index contributed by atoms with van der Waals surface area (Å²) in [5.41, 5.74) is 4.00. The Kier molecular flexibility index (Phi) is 5.95. The molecule has 0 radical (unpaired) electrons. The largest absolute Gasteiger partial charge is 0.339 e. The number of rotatable bonds is 4. The topological polar surface area (TPSA) is 52.7 Å². The third-order valence-electron chi connectivity index (χ3n) is 5.21. The van der Waals surface area contributed by atoms with Gasteiger partial charge in [-0.3, -0.25) is 4.79 Å². The number of nitrogens with zero attached hydrogens (tertiary/aromatic N) is 2. The monoisotopic (exact) mass is 343 g/mol. The van der Waals surface area contributed by atoms with E-state index in [1.807, 2.05) is 11.8 Å². The standard InChI is InChI=1S/C20H29N3O2/c1-2-9-21-20(25)23-12-10-22(11-13-23)19(24)15-16-7-8-17-5-3-4-6-18(17)14-16/h7-8,14H,2-6,9-13,15H2,1H3,(H,21,25). The lowest BCUT2D eigenvalue weighted by Crippen LogP contribution is -2.53. The van der Waals surface area contributed by atoms with Crippen LogP contribution in [0, 0.1) is 0 Å². The summed E-state index contributed by atoms with van der Waals surface area (Å²) in [6.45, 7) is 5.23. The number of urea groups is 1. The highest BCUT2D eigenvalue weighted by molar-refractivity contribution is 5.79. The van der Waals surface area contributed by atoms with Crippen LogP contribution in [-0.4, -0.2) is 54.5 Å². The van der Waals surface area contributed by atoms with Gasteiger partial charge in [-0.15, -0.1) is 0 Å². The van der Waals surface area contributed by atoms with E-state index >= 15 is 0 Å². The molecule has 0 bridgehead atoms. The number of piperazine rings is 1. The minimum atomic E-state index is -0.0105. The highest BCUT2D eigenvalue weighted by Crippen LogP contribution is 2.22. The average molecular weight is 343 g/mol. The first-order valence-electron chi connectivity index (χ1n) is 9.58. The molecule has 25 heavy (non-hydrogen) atoms. The van der Waals surface area contributed by atoms with Gasteiger partial charge in [0.25, 0.3) is 0 Å². The summed E-state index contributed by atoms with van der Waals surface area (Å²) in [5.74, 6) is 0.171. The normalized spacial score (nSPS) is 17.2. The Balaban J connectivity index is 1.50. The second-order valence-electron chi connectivity index (χ2n) is 7.09. The summed E-state index contributed by atoms with van der Waals surface area (Å²) in [7, 11) is 0. The van der Waals surface area contributed by atoms with Gasteiger partial charge in [0, 0.05) is 32.7 Å². The van der Waals surface area contributed by atoms with E-state index in [-0.39, 0.29) is 11.9 Å². The summed E-state index contributed by atoms with van der Waals surface area (Å²) in [6.07, 6.45) is 6.25. The molecular weight excluding hydrogens is 314 g/mol. The molecular formula is C20H29N3O2. The molecule has 3 amide bonds. The van der Waals surface area contributed by atoms with Crippen LogP contribution < -0.4 is 5.32 Å². The van der Waals surface area contributed by atoms with Crippen LogP contribution in [0.4, 0.5) is 4.79 Å². The van der Waals surface area contributed by atoms with Crippen LogP contribution in [0.15, 0.2) is 18.2 Å². The molecule has 5 nitrogen and oxygen atoms in total. The molecule has 0 atom stereocenters. The van der Waals surface area contributed by atoms with Gasteiger partial charge in [-0.25, -0.2) is 4.79 Å². The summed E-state index contributed by atoms with van der Waals surface area (Å²) in [6, 6.07) is 6.52. The van der Waals surface area contributed by atoms with Crippen molar-refractivity contribution in [2.45, 2.75) is 45.4 Å². The van der Waals surface area contributed by atoms with Crippen molar-refractivity contribution in [3.63, 3.8) is 0 Å². The number of carbonyl (C=O) groups is 2. The van der Waals surface area contributed by atoms with Crippen LogP contribution in [0.25, 0.3) is 0 Å². The molecule has 1 heterocycles. The molecule has 0 spiro atoms. The zero-order valence-electron chi connectivity index (χ0n) is 15.2. The Labute approximate surface area is 150 Å². The molecule has 1 aromatic carbocycles. The van der Waals surface area contributed by atoms with Gasteiger partial charge in [0.15, 0.2) is 0 Å². The quantitative estimate of drug-likeness (QED) is 0.912. The summed E-state index contributed by atoms with van der Waals surface area (Å²) in [5, 5.41) is 2.90. The predicted octanol–water partition coefficient (Wildman–Crippen LogP) is 2.37. The number of hydrogen-bond donors (Lipinski definition) is 1. The molecule has 0 aromatic heterocycles. The van der Waals surface area contributed by atoms with E-state index < -0.39 is 0 Å². The van der Waals surface area contributed by atoms with Crippen LogP contribution in [0.2, 0.25) is 0 Å². The SMILES string of the molecule is CCCNC(=O)N1CCN(C(=O)Cc2ccc3c(c2)CCCC3)CC1. The van der Waals surface area contributed by atoms with Crippen molar-refractivity contribution in [1.29, 1.82) is 0 Å². The Hall–Kier alpha value is -2.04. The predicted molar refractivity (Wildman–Crippen MR) is 98.6 cm³/mol.